The van der Waals surface area contributed by atoms with Gasteiger partial charge < -0.3 is 5.32 Å². The molecule has 21 heavy (non-hydrogen) atoms. The normalized spacial score (nSPS) is 18.7. The standard InChI is InChI=1S/C14H10F3NO2S/c15-14(16,17)9-4-1-3-8(7-9)13(20)18-10-5-2-6-11(21)12(10)19/h1-5,7,10H,6H2,(H,18,20). The molecule has 1 aromatic carbocycles. The summed E-state index contributed by atoms with van der Waals surface area (Å²) in [4.78, 5) is 23.9. The van der Waals surface area contributed by atoms with Crippen LogP contribution in [-0.4, -0.2) is 22.6 Å². The first-order valence-corrected chi connectivity index (χ1v) is 6.41. The van der Waals surface area contributed by atoms with Crippen LogP contribution < -0.4 is 5.32 Å². The summed E-state index contributed by atoms with van der Waals surface area (Å²) in [6, 6.07) is 3.08. The topological polar surface area (TPSA) is 46.2 Å². The van der Waals surface area contributed by atoms with Crippen LogP contribution in [0.15, 0.2) is 36.4 Å². The highest BCUT2D eigenvalue weighted by Crippen LogP contribution is 2.29. The van der Waals surface area contributed by atoms with Crippen molar-refractivity contribution in [2.45, 2.75) is 18.6 Å². The number of halogens is 3. The van der Waals surface area contributed by atoms with Gasteiger partial charge in [0.05, 0.1) is 10.4 Å². The zero-order chi connectivity index (χ0) is 15.6. The molecule has 1 aromatic rings. The molecular weight excluding hydrogens is 303 g/mol. The average molecular weight is 313 g/mol. The number of benzene rings is 1. The smallest absolute Gasteiger partial charge is 0.338 e. The van der Waals surface area contributed by atoms with Crippen LogP contribution in [0, 0.1) is 0 Å². The Morgan fingerprint density at radius 2 is 2.05 bits per heavy atom. The molecule has 1 N–H and O–H groups in total. The molecule has 1 aliphatic rings. The second-order valence-corrected chi connectivity index (χ2v) is 4.94. The highest BCUT2D eigenvalue weighted by molar-refractivity contribution is 7.82. The molecule has 0 saturated heterocycles. The molecule has 0 radical (unpaired) electrons. The van der Waals surface area contributed by atoms with Crippen LogP contribution in [0.5, 0.6) is 0 Å². The van der Waals surface area contributed by atoms with Crippen molar-refractivity contribution in [2.75, 3.05) is 0 Å². The number of amides is 1. The van der Waals surface area contributed by atoms with Crippen molar-refractivity contribution >= 4 is 28.8 Å². The molecule has 3 nitrogen and oxygen atoms in total. The lowest BCUT2D eigenvalue weighted by Crippen LogP contribution is -2.43. The van der Waals surface area contributed by atoms with Crippen LogP contribution in [0.25, 0.3) is 0 Å². The minimum absolute atomic E-state index is 0.164. The van der Waals surface area contributed by atoms with Gasteiger partial charge in [-0.25, -0.2) is 0 Å². The third-order valence-electron chi connectivity index (χ3n) is 2.93. The number of thiocarbonyl (C=S) groups is 1. The number of ketones is 1. The Morgan fingerprint density at radius 3 is 2.71 bits per heavy atom. The SMILES string of the molecule is O=C(NC1C=CCC(=S)C1=O)c1cccc(C(F)(F)F)c1. The minimum atomic E-state index is -4.53. The molecule has 1 atom stereocenters. The Labute approximate surface area is 123 Å². The summed E-state index contributed by atoms with van der Waals surface area (Å²) in [5.41, 5.74) is -1.08. The fourth-order valence-electron chi connectivity index (χ4n) is 1.85. The number of hydrogen-bond acceptors (Lipinski definition) is 3. The number of alkyl halides is 3. The van der Waals surface area contributed by atoms with Gasteiger partial charge in [-0.05, 0) is 18.2 Å². The van der Waals surface area contributed by atoms with Gasteiger partial charge in [0.25, 0.3) is 5.91 Å². The van der Waals surface area contributed by atoms with Gasteiger partial charge in [0.15, 0.2) is 5.78 Å². The maximum atomic E-state index is 12.6. The van der Waals surface area contributed by atoms with Crippen molar-refractivity contribution in [1.82, 2.24) is 5.32 Å². The fourth-order valence-corrected chi connectivity index (χ4v) is 2.07. The molecule has 2 rings (SSSR count). The van der Waals surface area contributed by atoms with E-state index in [1.54, 1.807) is 6.08 Å². The Bertz CT molecular complexity index is 637. The summed E-state index contributed by atoms with van der Waals surface area (Å²) in [7, 11) is 0. The van der Waals surface area contributed by atoms with Crippen molar-refractivity contribution in [3.05, 3.63) is 47.5 Å². The lowest BCUT2D eigenvalue weighted by Gasteiger charge is -2.18. The van der Waals surface area contributed by atoms with Crippen LogP contribution in [0.2, 0.25) is 0 Å². The Hall–Kier alpha value is -2.02. The van der Waals surface area contributed by atoms with E-state index in [1.807, 2.05) is 0 Å². The van der Waals surface area contributed by atoms with Gasteiger partial charge in [0.2, 0.25) is 0 Å². The summed E-state index contributed by atoms with van der Waals surface area (Å²) in [5.74, 6) is -1.17. The number of allylic oxidation sites excluding steroid dienone is 1. The number of carbonyl (C=O) groups excluding carboxylic acids is 2. The molecule has 1 unspecified atom stereocenters. The van der Waals surface area contributed by atoms with Crippen molar-refractivity contribution < 1.29 is 22.8 Å². The minimum Gasteiger partial charge on any atom is -0.338 e. The Balaban J connectivity index is 2.18. The zero-order valence-corrected chi connectivity index (χ0v) is 11.4. The van der Waals surface area contributed by atoms with E-state index in [0.29, 0.717) is 6.42 Å². The molecule has 0 bridgehead atoms. The predicted octanol–water partition coefficient (Wildman–Crippen LogP) is 2.70. The molecule has 0 fully saturated rings. The van der Waals surface area contributed by atoms with Gasteiger partial charge in [-0.1, -0.05) is 30.4 Å². The van der Waals surface area contributed by atoms with Gasteiger partial charge in [0.1, 0.15) is 6.04 Å². The molecule has 110 valence electrons. The first kappa shape index (κ1) is 15.4. The average Bonchev–Trinajstić information content (AvgIpc) is 2.43. The highest BCUT2D eigenvalue weighted by Gasteiger charge is 2.31. The third kappa shape index (κ3) is 3.55. The van der Waals surface area contributed by atoms with E-state index < -0.39 is 29.5 Å². The first-order chi connectivity index (χ1) is 9.79. The molecule has 1 amide bonds. The number of rotatable bonds is 2. The first-order valence-electron chi connectivity index (χ1n) is 6.01. The van der Waals surface area contributed by atoms with Crippen LogP contribution >= 0.6 is 12.2 Å². The maximum Gasteiger partial charge on any atom is 0.416 e. The largest absolute Gasteiger partial charge is 0.416 e. The number of Topliss-reactive ketones (excluding diaryl/α,β-unsaturated/α-hetero) is 1. The molecular formula is C14H10F3NO2S. The van der Waals surface area contributed by atoms with Crippen LogP contribution in [0.1, 0.15) is 22.3 Å². The van der Waals surface area contributed by atoms with E-state index in [0.717, 1.165) is 18.2 Å². The molecule has 0 aliphatic heterocycles. The van der Waals surface area contributed by atoms with Crippen molar-refractivity contribution in [3.63, 3.8) is 0 Å². The van der Waals surface area contributed by atoms with Gasteiger partial charge in [-0.3, -0.25) is 9.59 Å². The molecule has 0 saturated carbocycles. The predicted molar refractivity (Wildman–Crippen MR) is 74.1 cm³/mol. The quantitative estimate of drug-likeness (QED) is 0.674. The second-order valence-electron chi connectivity index (χ2n) is 4.45. The number of nitrogens with one attached hydrogen (secondary N) is 1. The van der Waals surface area contributed by atoms with E-state index in [-0.39, 0.29) is 10.4 Å². The second kappa shape index (κ2) is 5.77. The van der Waals surface area contributed by atoms with Crippen molar-refractivity contribution in [1.29, 1.82) is 0 Å². The summed E-state index contributed by atoms with van der Waals surface area (Å²) in [6.45, 7) is 0. The summed E-state index contributed by atoms with van der Waals surface area (Å²) >= 11 is 4.84. The highest BCUT2D eigenvalue weighted by atomic mass is 32.1. The Kier molecular flexibility index (Phi) is 4.22. The summed E-state index contributed by atoms with van der Waals surface area (Å²) in [5, 5.41) is 2.36. The molecule has 0 heterocycles. The Morgan fingerprint density at radius 1 is 1.33 bits per heavy atom. The monoisotopic (exact) mass is 313 g/mol. The van der Waals surface area contributed by atoms with Crippen molar-refractivity contribution in [3.8, 4) is 0 Å². The summed E-state index contributed by atoms with van der Waals surface area (Å²) < 4.78 is 37.8. The third-order valence-corrected chi connectivity index (χ3v) is 3.30. The van der Waals surface area contributed by atoms with E-state index in [9.17, 15) is 22.8 Å². The van der Waals surface area contributed by atoms with Gasteiger partial charge in [-0.2, -0.15) is 13.2 Å². The lowest BCUT2D eigenvalue weighted by atomic mass is 10.0. The molecule has 0 aromatic heterocycles. The maximum absolute atomic E-state index is 12.6. The number of carbonyl (C=O) groups is 2. The van der Waals surface area contributed by atoms with E-state index in [2.05, 4.69) is 5.32 Å². The van der Waals surface area contributed by atoms with Crippen LogP contribution in [0.4, 0.5) is 13.2 Å². The van der Waals surface area contributed by atoms with Crippen molar-refractivity contribution in [2.24, 2.45) is 0 Å². The van der Waals surface area contributed by atoms with E-state index in [1.165, 1.54) is 12.1 Å². The van der Waals surface area contributed by atoms with Gasteiger partial charge >= 0.3 is 6.18 Å². The van der Waals surface area contributed by atoms with E-state index in [4.69, 9.17) is 12.2 Å². The molecule has 1 aliphatic carbocycles. The van der Waals surface area contributed by atoms with Crippen LogP contribution in [0.3, 0.4) is 0 Å². The molecule has 7 heteroatoms. The van der Waals surface area contributed by atoms with Crippen LogP contribution in [-0.2, 0) is 11.0 Å². The summed E-state index contributed by atoms with van der Waals surface area (Å²) in [6.07, 6.45) is -1.08. The number of hydrogen-bond donors (Lipinski definition) is 1. The lowest BCUT2D eigenvalue weighted by molar-refractivity contribution is -0.137. The van der Waals surface area contributed by atoms with Gasteiger partial charge in [-0.15, -0.1) is 0 Å². The molecule has 0 spiro atoms. The fraction of sp³-hybridized carbons (Fsp3) is 0.214. The zero-order valence-electron chi connectivity index (χ0n) is 10.6. The van der Waals surface area contributed by atoms with Gasteiger partial charge in [0, 0.05) is 12.0 Å². The van der Waals surface area contributed by atoms with E-state index >= 15 is 0 Å².